The van der Waals surface area contributed by atoms with Crippen LogP contribution in [0.3, 0.4) is 0 Å². The van der Waals surface area contributed by atoms with Crippen molar-refractivity contribution in [2.24, 2.45) is 0 Å². The zero-order valence-electron chi connectivity index (χ0n) is 44.3. The minimum absolute atomic E-state index is 0.0186. The smallest absolute Gasteiger partial charge is 0.132 e. The van der Waals surface area contributed by atoms with Crippen molar-refractivity contribution in [2.75, 3.05) is 9.80 Å². The molecule has 3 nitrogen and oxygen atoms in total. The van der Waals surface area contributed by atoms with E-state index in [1.54, 1.807) is 0 Å². The Balaban J connectivity index is 1.22. The Morgan fingerprint density at radius 1 is 0.375 bits per heavy atom. The summed E-state index contributed by atoms with van der Waals surface area (Å²) in [4.78, 5) is 4.95. The van der Waals surface area contributed by atoms with Crippen LogP contribution >= 0.6 is 0 Å². The van der Waals surface area contributed by atoms with Crippen LogP contribution in [-0.4, -0.2) is 8.07 Å². The van der Waals surface area contributed by atoms with E-state index in [4.69, 9.17) is 4.74 Å². The first-order chi connectivity index (χ1) is 34.2. The maximum atomic E-state index is 6.95. The van der Waals surface area contributed by atoms with Crippen molar-refractivity contribution < 1.29 is 4.74 Å². The molecule has 0 amide bonds. The topological polar surface area (TPSA) is 15.7 Å². The van der Waals surface area contributed by atoms with E-state index >= 15 is 0 Å². The minimum Gasteiger partial charge on any atom is -0.457 e. The van der Waals surface area contributed by atoms with Crippen molar-refractivity contribution in [3.63, 3.8) is 0 Å². The molecule has 0 bridgehead atoms. The summed E-state index contributed by atoms with van der Waals surface area (Å²) < 4.78 is 6.95. The Morgan fingerprint density at radius 2 is 0.778 bits per heavy atom. The predicted octanol–water partition coefficient (Wildman–Crippen LogP) is 18.7. The van der Waals surface area contributed by atoms with Gasteiger partial charge in [0.05, 0.1) is 19.2 Å². The Morgan fingerprint density at radius 3 is 1.24 bits per heavy atom. The Labute approximate surface area is 429 Å². The van der Waals surface area contributed by atoms with Crippen LogP contribution in [0.4, 0.5) is 34.1 Å². The van der Waals surface area contributed by atoms with Gasteiger partial charge in [-0.05, 0) is 139 Å². The molecule has 2 aliphatic rings. The monoisotopic (exact) mass is 957 g/mol. The number of nitrogens with zero attached hydrogens (tertiary/aromatic N) is 2. The van der Waals surface area contributed by atoms with Gasteiger partial charge < -0.3 is 14.5 Å². The van der Waals surface area contributed by atoms with Crippen LogP contribution in [0.5, 0.6) is 11.5 Å². The largest absolute Gasteiger partial charge is 0.457 e. The second kappa shape index (κ2) is 17.0. The van der Waals surface area contributed by atoms with Crippen LogP contribution in [0, 0.1) is 0 Å². The first kappa shape index (κ1) is 47.2. The highest BCUT2D eigenvalue weighted by molar-refractivity contribution is 6.88. The molecule has 4 heteroatoms. The van der Waals surface area contributed by atoms with Gasteiger partial charge in [0.2, 0.25) is 0 Å². The molecule has 1 spiro atoms. The Bertz CT molecular complexity index is 3340. The molecular formula is C68H68N2OSi. The van der Waals surface area contributed by atoms with E-state index in [-0.39, 0.29) is 16.2 Å². The third-order valence-electron chi connectivity index (χ3n) is 15.4. The van der Waals surface area contributed by atoms with Crippen molar-refractivity contribution in [1.82, 2.24) is 0 Å². The van der Waals surface area contributed by atoms with E-state index in [0.29, 0.717) is 0 Å². The van der Waals surface area contributed by atoms with Crippen LogP contribution in [-0.2, 0) is 21.7 Å². The lowest BCUT2D eigenvalue weighted by Crippen LogP contribution is -2.37. The van der Waals surface area contributed by atoms with Gasteiger partial charge in [0.25, 0.3) is 0 Å². The molecule has 0 unspecified atom stereocenters. The highest BCUT2D eigenvalue weighted by Gasteiger charge is 2.52. The fourth-order valence-corrected chi connectivity index (χ4v) is 12.5. The van der Waals surface area contributed by atoms with Crippen LogP contribution in [0.15, 0.2) is 194 Å². The molecule has 0 aromatic heterocycles. The molecule has 9 aromatic carbocycles. The fraction of sp³-hybridized carbons (Fsp3) is 0.235. The summed E-state index contributed by atoms with van der Waals surface area (Å²) in [7, 11) is -1.58. The van der Waals surface area contributed by atoms with Crippen molar-refractivity contribution in [3.8, 4) is 22.6 Å². The molecule has 1 heterocycles. The molecule has 1 aliphatic heterocycles. The molecule has 11 rings (SSSR count). The molecule has 72 heavy (non-hydrogen) atoms. The Hall–Kier alpha value is -7.14. The van der Waals surface area contributed by atoms with Crippen molar-refractivity contribution in [2.45, 2.75) is 104 Å². The molecule has 0 N–H and O–H groups in total. The third-order valence-corrected chi connectivity index (χ3v) is 17.4. The number of fused-ring (bicyclic) bond motifs is 11. The summed E-state index contributed by atoms with van der Waals surface area (Å²) in [5.74, 6) is 1.75. The summed E-state index contributed by atoms with van der Waals surface area (Å²) in [6, 6.07) is 73.5. The Kier molecular flexibility index (Phi) is 11.1. The highest BCUT2D eigenvalue weighted by atomic mass is 28.3. The van der Waals surface area contributed by atoms with Crippen LogP contribution < -0.4 is 19.7 Å². The van der Waals surface area contributed by atoms with E-state index in [2.05, 4.69) is 286 Å². The summed E-state index contributed by atoms with van der Waals surface area (Å²) >= 11 is 0. The lowest BCUT2D eigenvalue weighted by Gasteiger charge is -2.40. The molecule has 0 saturated heterocycles. The molecule has 0 atom stereocenters. The summed E-state index contributed by atoms with van der Waals surface area (Å²) in [5, 5.41) is 3.86. The SMILES string of the molecule is CC(C)(C)c1ccc(N(c2ccc(C(C)(C)C)cc2)c2ccc3c(c2)C2(c4ccccc4Oc4ccccc42)c2cc(N(c4ccc(C(C)(C)C)cc4)c4ccc([Si](C)(C)C)cc4)c4ccccc4c2-3)cc1. The second-order valence-corrected chi connectivity index (χ2v) is 29.4. The van der Waals surface area contributed by atoms with Crippen LogP contribution in [0.2, 0.25) is 19.6 Å². The van der Waals surface area contributed by atoms with Gasteiger partial charge in [-0.3, -0.25) is 0 Å². The predicted molar refractivity (Wildman–Crippen MR) is 310 cm³/mol. The number of para-hydroxylation sites is 2. The third kappa shape index (κ3) is 7.87. The fourth-order valence-electron chi connectivity index (χ4n) is 11.4. The van der Waals surface area contributed by atoms with Crippen molar-refractivity contribution in [3.05, 3.63) is 233 Å². The van der Waals surface area contributed by atoms with Gasteiger partial charge >= 0.3 is 0 Å². The van der Waals surface area contributed by atoms with Gasteiger partial charge in [-0.15, -0.1) is 0 Å². The molecule has 0 fully saturated rings. The van der Waals surface area contributed by atoms with E-state index < -0.39 is 13.5 Å². The summed E-state index contributed by atoms with van der Waals surface area (Å²) in [6.45, 7) is 27.9. The number of rotatable bonds is 7. The summed E-state index contributed by atoms with van der Waals surface area (Å²) in [6.07, 6.45) is 0. The number of benzene rings is 9. The quantitative estimate of drug-likeness (QED) is 0.148. The van der Waals surface area contributed by atoms with E-state index in [1.165, 1.54) is 54.9 Å². The average molecular weight is 957 g/mol. The lowest BCUT2D eigenvalue weighted by molar-refractivity contribution is 0.436. The molecular weight excluding hydrogens is 889 g/mol. The average Bonchev–Trinajstić information content (AvgIpc) is 3.63. The number of anilines is 6. The number of ether oxygens (including phenoxy) is 1. The summed E-state index contributed by atoms with van der Waals surface area (Å²) in [5.41, 5.74) is 17.2. The van der Waals surface area contributed by atoms with Crippen LogP contribution in [0.1, 0.15) is 101 Å². The maximum Gasteiger partial charge on any atom is 0.132 e. The zero-order valence-corrected chi connectivity index (χ0v) is 45.3. The van der Waals surface area contributed by atoms with Gasteiger partial charge in [0, 0.05) is 45.0 Å². The highest BCUT2D eigenvalue weighted by Crippen LogP contribution is 2.65. The van der Waals surface area contributed by atoms with Gasteiger partial charge in [-0.1, -0.05) is 202 Å². The van der Waals surface area contributed by atoms with Gasteiger partial charge in [0.1, 0.15) is 11.5 Å². The van der Waals surface area contributed by atoms with Gasteiger partial charge in [0.15, 0.2) is 0 Å². The molecule has 9 aromatic rings. The number of hydrogen-bond acceptors (Lipinski definition) is 3. The van der Waals surface area contributed by atoms with E-state index in [0.717, 1.165) is 56.8 Å². The van der Waals surface area contributed by atoms with E-state index in [9.17, 15) is 0 Å². The number of hydrogen-bond donors (Lipinski definition) is 0. The minimum atomic E-state index is -1.58. The molecule has 0 radical (unpaired) electrons. The molecule has 0 saturated carbocycles. The maximum absolute atomic E-state index is 6.95. The van der Waals surface area contributed by atoms with Crippen molar-refractivity contribution >= 4 is 58.2 Å². The van der Waals surface area contributed by atoms with Crippen LogP contribution in [0.25, 0.3) is 21.9 Å². The standard InChI is InChI=1S/C68H68N2OSi/c1-65(2,3)45-25-31-48(32-26-45)69(49-33-27-46(28-34-49)66(4,5)6)52-39-42-56-59(43-52)68(57-21-15-17-23-62(57)71-63-24-18-16-22-58(63)68)60-44-61(54-19-13-14-20-55(54)64(56)60)70(50-35-29-47(30-36-50)67(7,8)9)51-37-40-53(41-38-51)72(10,11)12/h13-44H,1-12H3. The van der Waals surface area contributed by atoms with Gasteiger partial charge in [-0.2, -0.15) is 0 Å². The molecule has 360 valence electrons. The van der Waals surface area contributed by atoms with E-state index in [1.807, 2.05) is 0 Å². The van der Waals surface area contributed by atoms with Gasteiger partial charge in [-0.25, -0.2) is 0 Å². The van der Waals surface area contributed by atoms with Crippen molar-refractivity contribution in [1.29, 1.82) is 0 Å². The zero-order chi connectivity index (χ0) is 50.5. The molecule has 1 aliphatic carbocycles. The first-order valence-electron chi connectivity index (χ1n) is 25.8. The second-order valence-electron chi connectivity index (χ2n) is 24.3. The first-order valence-corrected chi connectivity index (χ1v) is 29.3. The lowest BCUT2D eigenvalue weighted by atomic mass is 9.66. The normalized spacial score (nSPS) is 13.8.